The highest BCUT2D eigenvalue weighted by Gasteiger charge is 2.25. The van der Waals surface area contributed by atoms with E-state index < -0.39 is 5.54 Å². The molecule has 1 amide bonds. The van der Waals surface area contributed by atoms with Crippen molar-refractivity contribution in [3.8, 4) is 5.82 Å². The lowest BCUT2D eigenvalue weighted by Gasteiger charge is -2.22. The van der Waals surface area contributed by atoms with Crippen LogP contribution in [0.3, 0.4) is 0 Å². The molecule has 0 aliphatic carbocycles. The van der Waals surface area contributed by atoms with Crippen molar-refractivity contribution in [1.82, 2.24) is 20.1 Å². The Kier molecular flexibility index (Phi) is 3.62. The molecule has 2 N–H and O–H groups in total. The van der Waals surface area contributed by atoms with E-state index in [2.05, 4.69) is 20.7 Å². The standard InChI is InChI=1S/C13H17N5O/c1-13(2,14-3)12(19)17-10-5-6-11(15-9-10)18-8-4-7-16-18/h4-9,14H,1-3H3,(H,17,19). The van der Waals surface area contributed by atoms with Crippen molar-refractivity contribution in [3.05, 3.63) is 36.8 Å². The quantitative estimate of drug-likeness (QED) is 0.865. The maximum atomic E-state index is 12.0. The van der Waals surface area contributed by atoms with Crippen LogP contribution >= 0.6 is 0 Å². The molecule has 0 radical (unpaired) electrons. The molecule has 6 heteroatoms. The molecule has 0 atom stereocenters. The zero-order valence-corrected chi connectivity index (χ0v) is 11.2. The Bertz CT molecular complexity index is 545. The fourth-order valence-corrected chi connectivity index (χ4v) is 1.40. The number of anilines is 1. The van der Waals surface area contributed by atoms with E-state index in [-0.39, 0.29) is 5.91 Å². The first kappa shape index (κ1) is 13.2. The maximum absolute atomic E-state index is 12.0. The minimum absolute atomic E-state index is 0.108. The molecule has 2 aromatic rings. The van der Waals surface area contributed by atoms with E-state index in [1.165, 1.54) is 0 Å². The average molecular weight is 259 g/mol. The third kappa shape index (κ3) is 2.97. The summed E-state index contributed by atoms with van der Waals surface area (Å²) >= 11 is 0. The van der Waals surface area contributed by atoms with Crippen LogP contribution in [0.25, 0.3) is 5.82 Å². The third-order valence-corrected chi connectivity index (χ3v) is 2.94. The lowest BCUT2D eigenvalue weighted by molar-refractivity contribution is -0.121. The first-order chi connectivity index (χ1) is 9.03. The van der Waals surface area contributed by atoms with E-state index in [0.717, 1.165) is 0 Å². The van der Waals surface area contributed by atoms with Gasteiger partial charge in [-0.15, -0.1) is 0 Å². The molecule has 0 aromatic carbocycles. The Labute approximate surface area is 111 Å². The summed E-state index contributed by atoms with van der Waals surface area (Å²) < 4.78 is 1.66. The van der Waals surface area contributed by atoms with Crippen molar-refractivity contribution in [1.29, 1.82) is 0 Å². The lowest BCUT2D eigenvalue weighted by atomic mass is 10.1. The topological polar surface area (TPSA) is 71.8 Å². The lowest BCUT2D eigenvalue weighted by Crippen LogP contribution is -2.47. The molecule has 19 heavy (non-hydrogen) atoms. The summed E-state index contributed by atoms with van der Waals surface area (Å²) in [6.45, 7) is 3.63. The van der Waals surface area contributed by atoms with E-state index in [9.17, 15) is 4.79 Å². The summed E-state index contributed by atoms with van der Waals surface area (Å²) in [4.78, 5) is 16.2. The van der Waals surface area contributed by atoms with Gasteiger partial charge in [0.2, 0.25) is 5.91 Å². The fraction of sp³-hybridized carbons (Fsp3) is 0.308. The van der Waals surface area contributed by atoms with Crippen molar-refractivity contribution in [2.24, 2.45) is 0 Å². The second-order valence-corrected chi connectivity index (χ2v) is 4.68. The number of hydrogen-bond donors (Lipinski definition) is 2. The fourth-order valence-electron chi connectivity index (χ4n) is 1.40. The second-order valence-electron chi connectivity index (χ2n) is 4.68. The van der Waals surface area contributed by atoms with Crippen LogP contribution in [0, 0.1) is 0 Å². The number of amides is 1. The van der Waals surface area contributed by atoms with Gasteiger partial charge in [-0.05, 0) is 39.1 Å². The van der Waals surface area contributed by atoms with Crippen molar-refractivity contribution < 1.29 is 4.79 Å². The zero-order chi connectivity index (χ0) is 13.9. The van der Waals surface area contributed by atoms with Gasteiger partial charge in [0.05, 0.1) is 17.4 Å². The molecule has 0 spiro atoms. The highest BCUT2D eigenvalue weighted by atomic mass is 16.2. The van der Waals surface area contributed by atoms with E-state index in [1.54, 1.807) is 36.3 Å². The molecule has 2 heterocycles. The molecule has 0 bridgehead atoms. The number of rotatable bonds is 4. The number of nitrogens with zero attached hydrogens (tertiary/aromatic N) is 3. The number of carbonyl (C=O) groups is 1. The Balaban J connectivity index is 2.10. The van der Waals surface area contributed by atoms with Crippen LogP contribution in [0.15, 0.2) is 36.8 Å². The van der Waals surface area contributed by atoms with Crippen LogP contribution in [0.5, 0.6) is 0 Å². The van der Waals surface area contributed by atoms with Crippen LogP contribution in [-0.2, 0) is 4.79 Å². The zero-order valence-electron chi connectivity index (χ0n) is 11.2. The third-order valence-electron chi connectivity index (χ3n) is 2.94. The molecule has 0 aliphatic heterocycles. The van der Waals surface area contributed by atoms with Crippen molar-refractivity contribution in [2.45, 2.75) is 19.4 Å². The molecule has 0 fully saturated rings. The van der Waals surface area contributed by atoms with E-state index >= 15 is 0 Å². The van der Waals surface area contributed by atoms with Gasteiger partial charge in [0, 0.05) is 12.4 Å². The Morgan fingerprint density at radius 1 is 1.37 bits per heavy atom. The Morgan fingerprint density at radius 3 is 2.68 bits per heavy atom. The number of likely N-dealkylation sites (N-methyl/N-ethyl adjacent to an activating group) is 1. The van der Waals surface area contributed by atoms with Gasteiger partial charge in [-0.25, -0.2) is 9.67 Å². The van der Waals surface area contributed by atoms with Gasteiger partial charge in [0.25, 0.3) is 0 Å². The van der Waals surface area contributed by atoms with Gasteiger partial charge < -0.3 is 10.6 Å². The normalized spacial score (nSPS) is 11.3. The van der Waals surface area contributed by atoms with Gasteiger partial charge >= 0.3 is 0 Å². The molecule has 2 aromatic heterocycles. The summed E-state index contributed by atoms with van der Waals surface area (Å²) in [6, 6.07) is 5.43. The van der Waals surface area contributed by atoms with Gasteiger partial charge in [0.1, 0.15) is 0 Å². The molecule has 2 rings (SSSR count). The summed E-state index contributed by atoms with van der Waals surface area (Å²) in [6.07, 6.45) is 5.11. The van der Waals surface area contributed by atoms with Crippen LogP contribution in [0.2, 0.25) is 0 Å². The van der Waals surface area contributed by atoms with Crippen molar-refractivity contribution in [2.75, 3.05) is 12.4 Å². The highest BCUT2D eigenvalue weighted by molar-refractivity contribution is 5.97. The number of nitrogens with one attached hydrogen (secondary N) is 2. The van der Waals surface area contributed by atoms with Gasteiger partial charge in [-0.3, -0.25) is 4.79 Å². The molecule has 0 unspecified atom stereocenters. The number of aromatic nitrogens is 3. The van der Waals surface area contributed by atoms with E-state index in [4.69, 9.17) is 0 Å². The largest absolute Gasteiger partial charge is 0.323 e. The molecule has 100 valence electrons. The van der Waals surface area contributed by atoms with Crippen LogP contribution in [-0.4, -0.2) is 33.3 Å². The smallest absolute Gasteiger partial charge is 0.244 e. The molecular weight excluding hydrogens is 242 g/mol. The SMILES string of the molecule is CNC(C)(C)C(=O)Nc1ccc(-n2cccn2)nc1. The predicted molar refractivity (Wildman–Crippen MR) is 73.1 cm³/mol. The van der Waals surface area contributed by atoms with Crippen LogP contribution in [0.4, 0.5) is 5.69 Å². The molecule has 0 aliphatic rings. The summed E-state index contributed by atoms with van der Waals surface area (Å²) in [7, 11) is 1.75. The maximum Gasteiger partial charge on any atom is 0.244 e. The van der Waals surface area contributed by atoms with Gasteiger partial charge in [-0.1, -0.05) is 0 Å². The Hall–Kier alpha value is -2.21. The summed E-state index contributed by atoms with van der Waals surface area (Å²) in [5, 5.41) is 9.85. The van der Waals surface area contributed by atoms with Gasteiger partial charge in [0.15, 0.2) is 5.82 Å². The molecule has 0 saturated carbocycles. The van der Waals surface area contributed by atoms with E-state index in [0.29, 0.717) is 11.5 Å². The summed E-state index contributed by atoms with van der Waals surface area (Å²) in [5.41, 5.74) is 0.0323. The predicted octanol–water partition coefficient (Wildman–Crippen LogP) is 1.20. The molecule has 6 nitrogen and oxygen atoms in total. The first-order valence-electron chi connectivity index (χ1n) is 5.99. The summed E-state index contributed by atoms with van der Waals surface area (Å²) in [5.74, 6) is 0.597. The second kappa shape index (κ2) is 5.19. The number of pyridine rings is 1. The monoisotopic (exact) mass is 259 g/mol. The highest BCUT2D eigenvalue weighted by Crippen LogP contribution is 2.11. The number of carbonyl (C=O) groups excluding carboxylic acids is 1. The Morgan fingerprint density at radius 2 is 2.16 bits per heavy atom. The van der Waals surface area contributed by atoms with Crippen LogP contribution < -0.4 is 10.6 Å². The van der Waals surface area contributed by atoms with Crippen molar-refractivity contribution >= 4 is 11.6 Å². The van der Waals surface area contributed by atoms with Gasteiger partial charge in [-0.2, -0.15) is 5.10 Å². The number of hydrogen-bond acceptors (Lipinski definition) is 4. The average Bonchev–Trinajstić information content (AvgIpc) is 2.93. The van der Waals surface area contributed by atoms with E-state index in [1.807, 2.05) is 26.1 Å². The van der Waals surface area contributed by atoms with Crippen LogP contribution in [0.1, 0.15) is 13.8 Å². The minimum Gasteiger partial charge on any atom is -0.323 e. The van der Waals surface area contributed by atoms with Crippen molar-refractivity contribution in [3.63, 3.8) is 0 Å². The molecule has 0 saturated heterocycles. The molecular formula is C13H17N5O. The first-order valence-corrected chi connectivity index (χ1v) is 5.99. The minimum atomic E-state index is -0.624.